The van der Waals surface area contributed by atoms with Gasteiger partial charge in [-0.05, 0) is 35.6 Å². The molecule has 4 heteroatoms. The third-order valence-electron chi connectivity index (χ3n) is 3.32. The van der Waals surface area contributed by atoms with Crippen molar-refractivity contribution >= 4 is 17.2 Å². The summed E-state index contributed by atoms with van der Waals surface area (Å²) in [5, 5.41) is 5.09. The molecule has 0 aliphatic heterocycles. The summed E-state index contributed by atoms with van der Waals surface area (Å²) in [7, 11) is 0. The van der Waals surface area contributed by atoms with Gasteiger partial charge in [-0.25, -0.2) is 4.39 Å². The van der Waals surface area contributed by atoms with E-state index in [1.807, 2.05) is 6.07 Å². The van der Waals surface area contributed by atoms with Crippen LogP contribution in [0, 0.1) is 5.82 Å². The monoisotopic (exact) mass is 275 g/mol. The number of nitrogens with one attached hydrogen (secondary N) is 1. The number of thiophene rings is 1. The Morgan fingerprint density at radius 2 is 2.11 bits per heavy atom. The molecule has 1 aromatic heterocycles. The number of carbonyl (C=O) groups is 1. The van der Waals surface area contributed by atoms with E-state index in [0.717, 1.165) is 12.0 Å². The van der Waals surface area contributed by atoms with Gasteiger partial charge in [-0.2, -0.15) is 0 Å². The lowest BCUT2D eigenvalue weighted by atomic mass is 10.1. The molecule has 3 rings (SSSR count). The van der Waals surface area contributed by atoms with Gasteiger partial charge in [-0.3, -0.25) is 4.79 Å². The van der Waals surface area contributed by atoms with Gasteiger partial charge in [0, 0.05) is 16.8 Å². The minimum atomic E-state index is -0.274. The van der Waals surface area contributed by atoms with Crippen LogP contribution in [0.5, 0.6) is 0 Å². The molecule has 0 saturated heterocycles. The maximum atomic E-state index is 12.8. The molecule has 1 fully saturated rings. The molecule has 0 bridgehead atoms. The van der Waals surface area contributed by atoms with Crippen LogP contribution >= 0.6 is 11.3 Å². The lowest BCUT2D eigenvalue weighted by molar-refractivity contribution is -0.120. The highest BCUT2D eigenvalue weighted by Crippen LogP contribution is 2.42. The first-order valence-corrected chi connectivity index (χ1v) is 7.17. The summed E-state index contributed by atoms with van der Waals surface area (Å²) in [5.41, 5.74) is 0.840. The molecule has 0 radical (unpaired) electrons. The van der Waals surface area contributed by atoms with Gasteiger partial charge in [0.25, 0.3) is 0 Å². The van der Waals surface area contributed by atoms with Crippen molar-refractivity contribution in [3.05, 3.63) is 58.0 Å². The Morgan fingerprint density at radius 1 is 1.32 bits per heavy atom. The predicted molar refractivity (Wildman–Crippen MR) is 73.7 cm³/mol. The van der Waals surface area contributed by atoms with Crippen LogP contribution in [0.2, 0.25) is 0 Å². The summed E-state index contributed by atoms with van der Waals surface area (Å²) < 4.78 is 12.8. The number of amides is 1. The first-order valence-electron chi connectivity index (χ1n) is 6.29. The van der Waals surface area contributed by atoms with Crippen molar-refractivity contribution in [1.29, 1.82) is 0 Å². The quantitative estimate of drug-likeness (QED) is 0.912. The molecular weight excluding hydrogens is 261 g/mol. The van der Waals surface area contributed by atoms with Crippen molar-refractivity contribution < 1.29 is 9.18 Å². The second kappa shape index (κ2) is 5.13. The molecule has 2 nitrogen and oxygen atoms in total. The molecule has 98 valence electrons. The zero-order valence-electron chi connectivity index (χ0n) is 10.3. The summed E-state index contributed by atoms with van der Waals surface area (Å²) in [6.07, 6.45) is 1.34. The third kappa shape index (κ3) is 3.01. The van der Waals surface area contributed by atoms with Gasteiger partial charge >= 0.3 is 0 Å². The molecule has 0 spiro atoms. The molecule has 2 unspecified atom stereocenters. The Labute approximate surface area is 115 Å². The Bertz CT molecular complexity index is 564. The second-order valence-corrected chi connectivity index (χ2v) is 5.81. The van der Waals surface area contributed by atoms with E-state index in [1.54, 1.807) is 23.5 Å². The van der Waals surface area contributed by atoms with Gasteiger partial charge in [0.1, 0.15) is 5.82 Å². The highest BCUT2D eigenvalue weighted by Gasteiger charge is 2.39. The van der Waals surface area contributed by atoms with Crippen LogP contribution in [0.1, 0.15) is 22.8 Å². The van der Waals surface area contributed by atoms with Crippen LogP contribution in [-0.4, -0.2) is 11.9 Å². The minimum Gasteiger partial charge on any atom is -0.352 e. The minimum absolute atomic E-state index is 0.00987. The van der Waals surface area contributed by atoms with E-state index >= 15 is 0 Å². The van der Waals surface area contributed by atoms with E-state index in [0.29, 0.717) is 12.3 Å². The molecule has 1 aliphatic rings. The van der Waals surface area contributed by atoms with Crippen molar-refractivity contribution in [2.45, 2.75) is 24.8 Å². The summed E-state index contributed by atoms with van der Waals surface area (Å²) in [6, 6.07) is 10.5. The number of benzene rings is 1. The summed E-state index contributed by atoms with van der Waals surface area (Å²) in [6.45, 7) is 0. The van der Waals surface area contributed by atoms with Gasteiger partial charge < -0.3 is 5.32 Å². The Balaban J connectivity index is 1.51. The number of halogens is 1. The van der Waals surface area contributed by atoms with Crippen molar-refractivity contribution in [2.75, 3.05) is 0 Å². The fourth-order valence-electron chi connectivity index (χ4n) is 2.22. The summed E-state index contributed by atoms with van der Waals surface area (Å²) in [5.74, 6) is 0.219. The van der Waals surface area contributed by atoms with E-state index in [2.05, 4.69) is 16.8 Å². The Kier molecular flexibility index (Phi) is 3.34. The van der Waals surface area contributed by atoms with Crippen molar-refractivity contribution in [3.8, 4) is 0 Å². The number of carbonyl (C=O) groups excluding carboxylic acids is 1. The fraction of sp³-hybridized carbons (Fsp3) is 0.267. The third-order valence-corrected chi connectivity index (χ3v) is 4.33. The van der Waals surface area contributed by atoms with Crippen LogP contribution in [0.15, 0.2) is 41.8 Å². The van der Waals surface area contributed by atoms with Crippen LogP contribution < -0.4 is 5.32 Å². The van der Waals surface area contributed by atoms with E-state index in [-0.39, 0.29) is 17.8 Å². The van der Waals surface area contributed by atoms with Crippen LogP contribution in [0.3, 0.4) is 0 Å². The molecule has 1 amide bonds. The number of rotatable bonds is 4. The highest BCUT2D eigenvalue weighted by atomic mass is 32.1. The zero-order valence-corrected chi connectivity index (χ0v) is 11.1. The van der Waals surface area contributed by atoms with E-state index in [1.165, 1.54) is 17.0 Å². The molecule has 1 heterocycles. The average molecular weight is 275 g/mol. The molecule has 1 aromatic carbocycles. The van der Waals surface area contributed by atoms with Crippen molar-refractivity contribution in [2.24, 2.45) is 0 Å². The van der Waals surface area contributed by atoms with Gasteiger partial charge in [0.05, 0.1) is 6.42 Å². The van der Waals surface area contributed by atoms with Gasteiger partial charge in [0.15, 0.2) is 0 Å². The van der Waals surface area contributed by atoms with Gasteiger partial charge in [0.2, 0.25) is 5.91 Å². The largest absolute Gasteiger partial charge is 0.352 e. The van der Waals surface area contributed by atoms with Crippen LogP contribution in [-0.2, 0) is 11.2 Å². The van der Waals surface area contributed by atoms with E-state index in [4.69, 9.17) is 0 Å². The molecule has 1 aliphatic carbocycles. The van der Waals surface area contributed by atoms with E-state index < -0.39 is 0 Å². The molecular formula is C15H14FNOS. The standard InChI is InChI=1S/C15H14FNOS/c16-11-5-3-10(4-6-11)8-15(18)17-13-9-12(13)14-2-1-7-19-14/h1-7,12-13H,8-9H2,(H,17,18). The van der Waals surface area contributed by atoms with Crippen LogP contribution in [0.25, 0.3) is 0 Å². The normalized spacial score (nSPS) is 21.1. The van der Waals surface area contributed by atoms with Gasteiger partial charge in [-0.1, -0.05) is 18.2 Å². The van der Waals surface area contributed by atoms with E-state index in [9.17, 15) is 9.18 Å². The number of hydrogen-bond acceptors (Lipinski definition) is 2. The second-order valence-electron chi connectivity index (χ2n) is 4.83. The molecule has 19 heavy (non-hydrogen) atoms. The number of hydrogen-bond donors (Lipinski definition) is 1. The topological polar surface area (TPSA) is 29.1 Å². The molecule has 2 atom stereocenters. The molecule has 1 saturated carbocycles. The fourth-order valence-corrected chi connectivity index (χ4v) is 3.12. The first-order chi connectivity index (χ1) is 9.22. The Morgan fingerprint density at radius 3 is 2.79 bits per heavy atom. The summed E-state index contributed by atoms with van der Waals surface area (Å²) >= 11 is 1.74. The van der Waals surface area contributed by atoms with Crippen LogP contribution in [0.4, 0.5) is 4.39 Å². The lowest BCUT2D eigenvalue weighted by Crippen LogP contribution is -2.28. The lowest BCUT2D eigenvalue weighted by Gasteiger charge is -2.04. The first kappa shape index (κ1) is 12.4. The molecule has 1 N–H and O–H groups in total. The average Bonchev–Trinajstić information content (AvgIpc) is 2.93. The van der Waals surface area contributed by atoms with Crippen molar-refractivity contribution in [3.63, 3.8) is 0 Å². The Hall–Kier alpha value is -1.68. The maximum absolute atomic E-state index is 12.8. The molecule has 2 aromatic rings. The highest BCUT2D eigenvalue weighted by molar-refractivity contribution is 7.10. The predicted octanol–water partition coefficient (Wildman–Crippen LogP) is 3.10. The smallest absolute Gasteiger partial charge is 0.224 e. The zero-order chi connectivity index (χ0) is 13.2. The maximum Gasteiger partial charge on any atom is 0.224 e. The SMILES string of the molecule is O=C(Cc1ccc(F)cc1)NC1CC1c1cccs1. The summed E-state index contributed by atoms with van der Waals surface area (Å²) in [4.78, 5) is 13.2. The van der Waals surface area contributed by atoms with Crippen molar-refractivity contribution in [1.82, 2.24) is 5.32 Å². The van der Waals surface area contributed by atoms with Gasteiger partial charge in [-0.15, -0.1) is 11.3 Å².